The lowest BCUT2D eigenvalue weighted by molar-refractivity contribution is 0.410. The van der Waals surface area contributed by atoms with Crippen molar-refractivity contribution in [3.05, 3.63) is 70.5 Å². The second-order valence-electron chi connectivity index (χ2n) is 5.33. The van der Waals surface area contributed by atoms with Crippen LogP contribution in [0, 0.1) is 0 Å². The zero-order chi connectivity index (χ0) is 16.5. The Labute approximate surface area is 137 Å². The molecular weight excluding hydrogens is 304 g/mol. The van der Waals surface area contributed by atoms with E-state index in [9.17, 15) is 4.79 Å². The van der Waals surface area contributed by atoms with Crippen LogP contribution in [-0.2, 0) is 0 Å². The van der Waals surface area contributed by atoms with Gasteiger partial charge >= 0.3 is 0 Å². The Morgan fingerprint density at radius 1 is 1.12 bits per heavy atom. The molecule has 0 spiro atoms. The number of rotatable bonds is 3. The van der Waals surface area contributed by atoms with Gasteiger partial charge in [-0.15, -0.1) is 0 Å². The number of para-hydroxylation sites is 2. The lowest BCUT2D eigenvalue weighted by Gasteiger charge is -1.98. The van der Waals surface area contributed by atoms with E-state index in [1.54, 1.807) is 25.3 Å². The molecule has 5 nitrogen and oxygen atoms in total. The molecule has 0 amide bonds. The summed E-state index contributed by atoms with van der Waals surface area (Å²) in [7, 11) is 1.61. The molecule has 0 fully saturated rings. The topological polar surface area (TPSA) is 68.1 Å². The molecule has 0 saturated carbocycles. The lowest BCUT2D eigenvalue weighted by atomic mass is 10.2. The molecule has 0 aliphatic heterocycles. The minimum absolute atomic E-state index is 0.161. The molecule has 2 aromatic heterocycles. The predicted octanol–water partition coefficient (Wildman–Crippen LogP) is 3.85. The average Bonchev–Trinajstić information content (AvgIpc) is 3.03. The van der Waals surface area contributed by atoms with Crippen LogP contribution in [0.4, 0.5) is 0 Å². The van der Waals surface area contributed by atoms with Gasteiger partial charge < -0.3 is 14.1 Å². The van der Waals surface area contributed by atoms with E-state index in [4.69, 9.17) is 9.15 Å². The van der Waals surface area contributed by atoms with Gasteiger partial charge in [0.1, 0.15) is 11.6 Å². The van der Waals surface area contributed by atoms with E-state index >= 15 is 0 Å². The second-order valence-corrected chi connectivity index (χ2v) is 5.33. The van der Waals surface area contributed by atoms with Crippen molar-refractivity contribution in [1.82, 2.24) is 9.97 Å². The summed E-state index contributed by atoms with van der Waals surface area (Å²) in [6.07, 6.45) is 3.49. The van der Waals surface area contributed by atoms with Gasteiger partial charge in [0.2, 0.25) is 0 Å². The number of aromatic nitrogens is 2. The van der Waals surface area contributed by atoms with E-state index in [-0.39, 0.29) is 5.56 Å². The van der Waals surface area contributed by atoms with Gasteiger partial charge in [0.05, 0.1) is 18.0 Å². The van der Waals surface area contributed by atoms with E-state index in [0.717, 1.165) is 5.39 Å². The molecule has 0 bridgehead atoms. The molecule has 118 valence electrons. The van der Waals surface area contributed by atoms with Gasteiger partial charge in [0, 0.05) is 5.39 Å². The highest BCUT2D eigenvalue weighted by Crippen LogP contribution is 2.29. The Kier molecular flexibility index (Phi) is 3.39. The minimum Gasteiger partial charge on any atom is -0.493 e. The third kappa shape index (κ3) is 2.46. The number of nitrogens with one attached hydrogen (secondary N) is 1. The zero-order valence-corrected chi connectivity index (χ0v) is 12.9. The molecular formula is C19H14N2O3. The Balaban J connectivity index is 1.74. The van der Waals surface area contributed by atoms with Crippen molar-refractivity contribution in [3.63, 3.8) is 0 Å². The third-order valence-electron chi connectivity index (χ3n) is 3.78. The summed E-state index contributed by atoms with van der Waals surface area (Å²) in [4.78, 5) is 19.3. The maximum Gasteiger partial charge on any atom is 0.259 e. The van der Waals surface area contributed by atoms with E-state index in [1.165, 1.54) is 0 Å². The Morgan fingerprint density at radius 3 is 2.88 bits per heavy atom. The van der Waals surface area contributed by atoms with Crippen molar-refractivity contribution in [1.29, 1.82) is 0 Å². The van der Waals surface area contributed by atoms with Gasteiger partial charge in [-0.25, -0.2) is 4.98 Å². The highest BCUT2D eigenvalue weighted by atomic mass is 16.5. The fourth-order valence-corrected chi connectivity index (χ4v) is 2.64. The summed E-state index contributed by atoms with van der Waals surface area (Å²) < 4.78 is 11.1. The van der Waals surface area contributed by atoms with E-state index < -0.39 is 0 Å². The number of furan rings is 1. The third-order valence-corrected chi connectivity index (χ3v) is 3.78. The van der Waals surface area contributed by atoms with Crippen molar-refractivity contribution in [2.45, 2.75) is 0 Å². The number of ether oxygens (including phenoxy) is 1. The first kappa shape index (κ1) is 14.3. The van der Waals surface area contributed by atoms with Crippen LogP contribution in [0.3, 0.4) is 0 Å². The summed E-state index contributed by atoms with van der Waals surface area (Å²) in [5.41, 5.74) is 1.19. The highest BCUT2D eigenvalue weighted by Gasteiger charge is 2.07. The van der Waals surface area contributed by atoms with Crippen LogP contribution in [0.1, 0.15) is 11.6 Å². The van der Waals surface area contributed by atoms with E-state index in [0.29, 0.717) is 33.8 Å². The molecule has 0 saturated heterocycles. The maximum absolute atomic E-state index is 12.1. The molecule has 4 rings (SSSR count). The molecule has 24 heavy (non-hydrogen) atoms. The number of fused-ring (bicyclic) bond motifs is 2. The number of hydrogen-bond donors (Lipinski definition) is 1. The van der Waals surface area contributed by atoms with Gasteiger partial charge in [-0.05, 0) is 36.4 Å². The van der Waals surface area contributed by atoms with Crippen molar-refractivity contribution < 1.29 is 9.15 Å². The highest BCUT2D eigenvalue weighted by molar-refractivity contribution is 5.86. The molecule has 2 heterocycles. The maximum atomic E-state index is 12.1. The van der Waals surface area contributed by atoms with Crippen LogP contribution in [-0.4, -0.2) is 17.1 Å². The van der Waals surface area contributed by atoms with Gasteiger partial charge in [-0.1, -0.05) is 24.3 Å². The number of benzene rings is 2. The lowest BCUT2D eigenvalue weighted by Crippen LogP contribution is -2.09. The molecule has 0 aliphatic carbocycles. The molecule has 1 N–H and O–H groups in total. The van der Waals surface area contributed by atoms with E-state index in [2.05, 4.69) is 9.97 Å². The first-order valence-corrected chi connectivity index (χ1v) is 7.48. The van der Waals surface area contributed by atoms with Crippen LogP contribution in [0.15, 0.2) is 57.7 Å². The number of aromatic amines is 1. The van der Waals surface area contributed by atoms with Crippen LogP contribution in [0.2, 0.25) is 0 Å². The summed E-state index contributed by atoms with van der Waals surface area (Å²) in [5, 5.41) is 1.53. The quantitative estimate of drug-likeness (QED) is 0.623. The van der Waals surface area contributed by atoms with Crippen molar-refractivity contribution in [2.75, 3.05) is 7.11 Å². The fourth-order valence-electron chi connectivity index (χ4n) is 2.64. The van der Waals surface area contributed by atoms with Crippen molar-refractivity contribution in [2.24, 2.45) is 0 Å². The van der Waals surface area contributed by atoms with E-state index in [1.807, 2.05) is 42.5 Å². The first-order valence-electron chi connectivity index (χ1n) is 7.48. The van der Waals surface area contributed by atoms with Gasteiger partial charge in [0.15, 0.2) is 11.3 Å². The molecule has 2 aromatic carbocycles. The number of H-pyrrole nitrogens is 1. The number of nitrogens with zero attached hydrogens (tertiary/aromatic N) is 1. The van der Waals surface area contributed by atoms with Gasteiger partial charge in [-0.3, -0.25) is 4.79 Å². The molecule has 0 unspecified atom stereocenters. The second kappa shape index (κ2) is 5.70. The molecule has 0 atom stereocenters. The number of methoxy groups -OCH3 is 1. The predicted molar refractivity (Wildman–Crippen MR) is 94.1 cm³/mol. The summed E-state index contributed by atoms with van der Waals surface area (Å²) in [6.45, 7) is 0. The molecule has 5 heteroatoms. The monoisotopic (exact) mass is 318 g/mol. The molecule has 0 radical (unpaired) electrons. The Bertz CT molecular complexity index is 1120. The normalized spacial score (nSPS) is 11.5. The smallest absolute Gasteiger partial charge is 0.259 e. The minimum atomic E-state index is -0.161. The summed E-state index contributed by atoms with van der Waals surface area (Å²) >= 11 is 0. The van der Waals surface area contributed by atoms with Crippen LogP contribution < -0.4 is 10.3 Å². The van der Waals surface area contributed by atoms with Crippen LogP contribution >= 0.6 is 0 Å². The van der Waals surface area contributed by atoms with Gasteiger partial charge in [-0.2, -0.15) is 0 Å². The molecule has 4 aromatic rings. The fraction of sp³-hybridized carbons (Fsp3) is 0.0526. The summed E-state index contributed by atoms with van der Waals surface area (Å²) in [6, 6.07) is 14.9. The first-order chi connectivity index (χ1) is 11.7. The van der Waals surface area contributed by atoms with Crippen LogP contribution in [0.5, 0.6) is 5.75 Å². The average molecular weight is 318 g/mol. The Hall–Kier alpha value is -3.34. The van der Waals surface area contributed by atoms with Crippen molar-refractivity contribution >= 4 is 34.0 Å². The van der Waals surface area contributed by atoms with Crippen LogP contribution in [0.25, 0.3) is 34.0 Å². The zero-order valence-electron chi connectivity index (χ0n) is 12.9. The molecule has 0 aliphatic rings. The van der Waals surface area contributed by atoms with Gasteiger partial charge in [0.25, 0.3) is 5.56 Å². The van der Waals surface area contributed by atoms with Crippen molar-refractivity contribution in [3.8, 4) is 5.75 Å². The standard InChI is InChI=1S/C19H14N2O3/c1-23-16-8-4-5-12-11-13(24-18(12)16)9-10-17-20-15-7-3-2-6-14(15)19(22)21-17/h2-11H,1H3,(H,20,21,22)/b10-9+. The largest absolute Gasteiger partial charge is 0.493 e. The number of hydrogen-bond acceptors (Lipinski definition) is 4. The SMILES string of the molecule is COc1cccc2cc(/C=C/c3nc4ccccc4c(=O)[nH]3)oc12. The Morgan fingerprint density at radius 2 is 2.00 bits per heavy atom. The summed E-state index contributed by atoms with van der Waals surface area (Å²) in [5.74, 6) is 1.82.